The molecule has 2 rings (SSSR count). The van der Waals surface area contributed by atoms with E-state index in [4.69, 9.17) is 4.74 Å². The fraction of sp³-hybridized carbons (Fsp3) is 0.733. The number of carbonyl (C=O) groups excluding carboxylic acids is 1. The average molecular weight is 311 g/mol. The number of anilines is 1. The summed E-state index contributed by atoms with van der Waals surface area (Å²) in [6.45, 7) is 9.74. The third-order valence-electron chi connectivity index (χ3n) is 4.11. The van der Waals surface area contributed by atoms with Crippen LogP contribution in [0.5, 0.6) is 0 Å². The molecule has 0 spiro atoms. The van der Waals surface area contributed by atoms with Gasteiger partial charge in [0, 0.05) is 31.1 Å². The van der Waals surface area contributed by atoms with E-state index in [1.807, 2.05) is 13.8 Å². The Kier molecular flexibility index (Phi) is 5.58. The van der Waals surface area contributed by atoms with Gasteiger partial charge in [0.2, 0.25) is 0 Å². The van der Waals surface area contributed by atoms with Gasteiger partial charge in [-0.2, -0.15) is 0 Å². The second-order valence-electron chi connectivity index (χ2n) is 5.40. The number of likely N-dealkylation sites (tertiary alicyclic amines) is 1. The third kappa shape index (κ3) is 3.74. The number of nitrogens with zero attached hydrogens (tertiary/aromatic N) is 3. The van der Waals surface area contributed by atoms with Crippen LogP contribution in [-0.4, -0.2) is 55.2 Å². The molecule has 21 heavy (non-hydrogen) atoms. The standard InChI is InChI=1S/C15H25N3O2S/c1-5-18-9-7-12(8-10-18)17(4)15-16-13(11(3)21-15)14(19)20-6-2/h12H,5-10H2,1-4H3. The first-order valence-corrected chi connectivity index (χ1v) is 8.48. The molecule has 6 heteroatoms. The minimum Gasteiger partial charge on any atom is -0.461 e. The Balaban J connectivity index is 2.05. The van der Waals surface area contributed by atoms with Crippen LogP contribution < -0.4 is 4.90 Å². The molecule has 0 bridgehead atoms. The monoisotopic (exact) mass is 311 g/mol. The molecule has 1 aliphatic heterocycles. The van der Waals surface area contributed by atoms with Crippen molar-refractivity contribution in [1.29, 1.82) is 0 Å². The fourth-order valence-corrected chi connectivity index (χ4v) is 3.63. The number of hydrogen-bond acceptors (Lipinski definition) is 6. The Hall–Kier alpha value is -1.14. The minimum absolute atomic E-state index is 0.313. The second kappa shape index (κ2) is 7.22. The summed E-state index contributed by atoms with van der Waals surface area (Å²) in [5.74, 6) is -0.313. The van der Waals surface area contributed by atoms with Gasteiger partial charge in [0.25, 0.3) is 0 Å². The highest BCUT2D eigenvalue weighted by Crippen LogP contribution is 2.29. The van der Waals surface area contributed by atoms with E-state index in [1.54, 1.807) is 11.3 Å². The van der Waals surface area contributed by atoms with Gasteiger partial charge in [0.15, 0.2) is 10.8 Å². The van der Waals surface area contributed by atoms with Crippen molar-refractivity contribution in [2.75, 3.05) is 38.2 Å². The maximum atomic E-state index is 11.9. The number of ether oxygens (including phenoxy) is 1. The summed E-state index contributed by atoms with van der Waals surface area (Å²) >= 11 is 1.58. The van der Waals surface area contributed by atoms with Crippen molar-refractivity contribution in [2.24, 2.45) is 0 Å². The molecular weight excluding hydrogens is 286 g/mol. The van der Waals surface area contributed by atoms with Crippen molar-refractivity contribution in [1.82, 2.24) is 9.88 Å². The van der Waals surface area contributed by atoms with Crippen molar-refractivity contribution >= 4 is 22.4 Å². The lowest BCUT2D eigenvalue weighted by molar-refractivity contribution is 0.0519. The van der Waals surface area contributed by atoms with Crippen LogP contribution in [0.15, 0.2) is 0 Å². The first-order chi connectivity index (χ1) is 10.1. The lowest BCUT2D eigenvalue weighted by Gasteiger charge is -2.36. The Morgan fingerprint density at radius 2 is 2.10 bits per heavy atom. The molecule has 1 aliphatic rings. The van der Waals surface area contributed by atoms with E-state index in [1.165, 1.54) is 0 Å². The summed E-state index contributed by atoms with van der Waals surface area (Å²) in [6, 6.07) is 0.508. The highest BCUT2D eigenvalue weighted by Gasteiger charge is 2.25. The summed E-state index contributed by atoms with van der Waals surface area (Å²) in [5.41, 5.74) is 0.467. The molecule has 0 unspecified atom stereocenters. The molecule has 118 valence electrons. The number of hydrogen-bond donors (Lipinski definition) is 0. The number of rotatable bonds is 5. The quantitative estimate of drug-likeness (QED) is 0.782. The summed E-state index contributed by atoms with van der Waals surface area (Å²) in [7, 11) is 2.08. The van der Waals surface area contributed by atoms with Crippen molar-refractivity contribution < 1.29 is 9.53 Å². The van der Waals surface area contributed by atoms with E-state index in [-0.39, 0.29) is 5.97 Å². The second-order valence-corrected chi connectivity index (χ2v) is 6.58. The lowest BCUT2D eigenvalue weighted by Crippen LogP contribution is -2.43. The van der Waals surface area contributed by atoms with Gasteiger partial charge < -0.3 is 14.5 Å². The zero-order chi connectivity index (χ0) is 15.4. The summed E-state index contributed by atoms with van der Waals surface area (Å²) in [5, 5.41) is 0.922. The van der Waals surface area contributed by atoms with E-state index in [0.717, 1.165) is 42.5 Å². The summed E-state index contributed by atoms with van der Waals surface area (Å²) in [6.07, 6.45) is 2.30. The van der Waals surface area contributed by atoms with E-state index in [2.05, 4.69) is 28.8 Å². The van der Waals surface area contributed by atoms with Crippen LogP contribution in [-0.2, 0) is 4.74 Å². The largest absolute Gasteiger partial charge is 0.461 e. The van der Waals surface area contributed by atoms with Gasteiger partial charge in [-0.1, -0.05) is 6.92 Å². The van der Waals surface area contributed by atoms with Gasteiger partial charge in [0.1, 0.15) is 0 Å². The predicted molar refractivity (Wildman–Crippen MR) is 86.3 cm³/mol. The predicted octanol–water partition coefficient (Wildman–Crippen LogP) is 2.55. The Bertz CT molecular complexity index is 481. The Morgan fingerprint density at radius 1 is 1.43 bits per heavy atom. The summed E-state index contributed by atoms with van der Waals surface area (Å²) < 4.78 is 5.06. The zero-order valence-electron chi connectivity index (χ0n) is 13.4. The number of aryl methyl sites for hydroxylation is 1. The molecule has 0 saturated carbocycles. The van der Waals surface area contributed by atoms with Crippen molar-refractivity contribution in [3.8, 4) is 0 Å². The molecule has 0 N–H and O–H groups in total. The molecule has 0 aromatic carbocycles. The first-order valence-electron chi connectivity index (χ1n) is 7.66. The van der Waals surface area contributed by atoms with Crippen LogP contribution in [0.4, 0.5) is 5.13 Å². The Morgan fingerprint density at radius 3 is 2.67 bits per heavy atom. The SMILES string of the molecule is CCOC(=O)c1nc(N(C)C2CCN(CC)CC2)sc1C. The highest BCUT2D eigenvalue weighted by atomic mass is 32.1. The Labute approximate surface area is 130 Å². The van der Waals surface area contributed by atoms with Gasteiger partial charge in [-0.05, 0) is 33.2 Å². The summed E-state index contributed by atoms with van der Waals surface area (Å²) in [4.78, 5) is 22.0. The molecular formula is C15H25N3O2S. The molecule has 0 radical (unpaired) electrons. The van der Waals surface area contributed by atoms with E-state index < -0.39 is 0 Å². The van der Waals surface area contributed by atoms with Crippen molar-refractivity contribution in [3.63, 3.8) is 0 Å². The van der Waals surface area contributed by atoms with Gasteiger partial charge in [-0.15, -0.1) is 11.3 Å². The van der Waals surface area contributed by atoms with Gasteiger partial charge in [0.05, 0.1) is 6.61 Å². The number of thiazole rings is 1. The van der Waals surface area contributed by atoms with Gasteiger partial charge >= 0.3 is 5.97 Å². The lowest BCUT2D eigenvalue weighted by atomic mass is 10.0. The van der Waals surface area contributed by atoms with E-state index in [9.17, 15) is 4.79 Å². The molecule has 0 atom stereocenters. The molecule has 1 aromatic heterocycles. The van der Waals surface area contributed by atoms with Crippen LogP contribution >= 0.6 is 11.3 Å². The molecule has 5 nitrogen and oxygen atoms in total. The molecule has 2 heterocycles. The van der Waals surface area contributed by atoms with E-state index >= 15 is 0 Å². The molecule has 0 aliphatic carbocycles. The van der Waals surface area contributed by atoms with Gasteiger partial charge in [-0.3, -0.25) is 0 Å². The number of aromatic nitrogens is 1. The van der Waals surface area contributed by atoms with Crippen LogP contribution in [0.2, 0.25) is 0 Å². The molecule has 1 saturated heterocycles. The maximum absolute atomic E-state index is 11.9. The smallest absolute Gasteiger partial charge is 0.358 e. The number of piperidine rings is 1. The maximum Gasteiger partial charge on any atom is 0.358 e. The van der Waals surface area contributed by atoms with Crippen LogP contribution in [0.1, 0.15) is 42.1 Å². The molecule has 0 amide bonds. The molecule has 1 aromatic rings. The van der Waals surface area contributed by atoms with Crippen LogP contribution in [0, 0.1) is 6.92 Å². The van der Waals surface area contributed by atoms with Crippen LogP contribution in [0.25, 0.3) is 0 Å². The van der Waals surface area contributed by atoms with Gasteiger partial charge in [-0.25, -0.2) is 9.78 Å². The number of esters is 1. The first kappa shape index (κ1) is 16.2. The highest BCUT2D eigenvalue weighted by molar-refractivity contribution is 7.15. The van der Waals surface area contributed by atoms with Crippen molar-refractivity contribution in [3.05, 3.63) is 10.6 Å². The molecule has 1 fully saturated rings. The van der Waals surface area contributed by atoms with E-state index in [0.29, 0.717) is 18.3 Å². The van der Waals surface area contributed by atoms with Crippen LogP contribution in [0.3, 0.4) is 0 Å². The normalized spacial score (nSPS) is 17.0. The minimum atomic E-state index is -0.313. The number of carbonyl (C=O) groups is 1. The third-order valence-corrected chi connectivity index (χ3v) is 5.17. The topological polar surface area (TPSA) is 45.7 Å². The fourth-order valence-electron chi connectivity index (χ4n) is 2.70. The average Bonchev–Trinajstić information content (AvgIpc) is 2.89. The van der Waals surface area contributed by atoms with Crippen molar-refractivity contribution in [2.45, 2.75) is 39.7 Å². The zero-order valence-corrected chi connectivity index (χ0v) is 14.2.